The van der Waals surface area contributed by atoms with Crippen LogP contribution in [0.4, 0.5) is 68.8 Å². The van der Waals surface area contributed by atoms with Crippen LogP contribution < -0.4 is 38.5 Å². The molecule has 0 spiro atoms. The summed E-state index contributed by atoms with van der Waals surface area (Å²) in [5.74, 6) is 7.65. The van der Waals surface area contributed by atoms with E-state index in [9.17, 15) is 0 Å². The predicted octanol–water partition coefficient (Wildman–Crippen LogP) is 24.9. The van der Waals surface area contributed by atoms with Crippen molar-refractivity contribution < 1.29 is 121 Å². The molecule has 32 heteroatoms. The number of fused-ring (bicyclic) bond motifs is 12. The second-order valence-corrected chi connectivity index (χ2v) is 32.6. The minimum atomic E-state index is 0. The Labute approximate surface area is 861 Å². The van der Waals surface area contributed by atoms with Crippen molar-refractivity contribution in [1.29, 1.82) is 0 Å². The number of hydrogen-bond donors (Lipinski definition) is 0. The van der Waals surface area contributed by atoms with Crippen LogP contribution in [0.1, 0.15) is 22.8 Å². The summed E-state index contributed by atoms with van der Waals surface area (Å²) in [7, 11) is 15.5. The maximum absolute atomic E-state index is 6.26. The molecule has 0 saturated heterocycles. The summed E-state index contributed by atoms with van der Waals surface area (Å²) in [6.45, 7) is 8.04. The van der Waals surface area contributed by atoms with Crippen LogP contribution >= 0.6 is 0 Å². The molecular weight excluding hydrogens is 2490 g/mol. The van der Waals surface area contributed by atoms with Crippen LogP contribution in [0, 0.1) is 76.2 Å². The molecule has 0 aliphatic rings. The number of benzene rings is 12. The molecule has 704 valence electrons. The standard InChI is InChI=1S/C34H28N6O.C32H24N6O.C22H18N4O3.C20H14N4O3.4Pt/c1-23-33(35-21-37(23)3)39(25-11-7-5-8-12-25)27-15-17-31-29(19-27)30-20-28(16-18-32(30)41-31)40(26-13-9-6-10-14-26)34-24(2)38(4)22-36-34;1-35-19-31(33-21-35)37(23-9-5-3-6-10-23)25-13-15-29-27(17-25)28-18-26(14-16-30(28)39-29)38(24-11-7-4-8-12-24)32-20-36(2)22-34-32;1-13-21(23-11-25(13)3)27-15-5-7-19-17(9-15)18-10-16(6-8-20(18)29-19)28-22-14(2)26(4)12-24-22;1-23-9-19(21-11-23)25-13-3-5-17-15(7-13)16-8-14(4-6-18(16)27-17)26-20-10-24(2)12-22-20;;;;/h5-18,21-22H,1-4H3;3-16,19-22H,1-2H3;5-8,11-12H,1-4H3;3-6,9-12H,1-2H3;;;;/q4*-2;4*+2. The SMILES string of the molecule is Cc1c(N(c2[c-]c3c(cc2)oc2ccc(N(c4ccccc4)c4ncn(C)c4C)[c-]c23)c2ccccc2)ncn1C.Cc1c(Oc2[c-]c3c(cc2)oc2ccc(Oc4ncn(C)c4C)[c-]c23)ncn1C.Cn1cnc(N(c2[c-]c3c(cc2)oc2ccc(N(c4ccccc4)c4cn(C)cn4)[c-]c23)c2ccccc2)c1.Cn1cnc(Oc2[c-]c3c(cc2)oc2ccc(Oc4cn(C)cn4)[c-]c23)c1.[Pt+2].[Pt+2].[Pt+2].[Pt+2]. The molecule has 0 radical (unpaired) electrons. The zero-order chi connectivity index (χ0) is 92.9. The van der Waals surface area contributed by atoms with Gasteiger partial charge in [-0.2, -0.15) is 67.4 Å². The average Bonchev–Trinajstić information content (AvgIpc) is 1.60. The molecule has 0 amide bonds. The maximum atomic E-state index is 6.26. The zero-order valence-corrected chi connectivity index (χ0v) is 86.3. The van der Waals surface area contributed by atoms with Crippen molar-refractivity contribution in [3.63, 3.8) is 0 Å². The molecule has 0 aliphatic carbocycles. The number of hydrogen-bond acceptors (Lipinski definition) is 20. The van der Waals surface area contributed by atoms with E-state index in [1.807, 2.05) is 290 Å². The van der Waals surface area contributed by atoms with Crippen molar-refractivity contribution in [2.45, 2.75) is 27.7 Å². The van der Waals surface area contributed by atoms with Crippen LogP contribution in [0.2, 0.25) is 0 Å². The molecule has 24 aromatic rings. The van der Waals surface area contributed by atoms with Gasteiger partial charge in [-0.1, -0.05) is 97.1 Å². The number of nitrogens with zero attached hydrogens (tertiary/aromatic N) is 20. The van der Waals surface area contributed by atoms with Gasteiger partial charge in [0, 0.05) is 115 Å². The van der Waals surface area contributed by atoms with Gasteiger partial charge < -0.3 is 92.8 Å². The second-order valence-electron chi connectivity index (χ2n) is 32.6. The molecule has 12 aromatic carbocycles. The number of para-hydroxylation sites is 4. The Morgan fingerprint density at radius 2 is 0.479 bits per heavy atom. The van der Waals surface area contributed by atoms with Crippen molar-refractivity contribution in [2.75, 3.05) is 19.6 Å². The molecule has 28 nitrogen and oxygen atoms in total. The largest absolute Gasteiger partial charge is 2.00 e. The van der Waals surface area contributed by atoms with Crippen LogP contribution in [0.25, 0.3) is 87.8 Å². The molecule has 0 unspecified atom stereocenters. The van der Waals surface area contributed by atoms with E-state index in [0.29, 0.717) is 68.9 Å². The van der Waals surface area contributed by atoms with Gasteiger partial charge in [0.05, 0.1) is 85.8 Å². The fraction of sp³-hybridized carbons (Fsp3) is 0.111. The Bertz CT molecular complexity index is 8020. The first kappa shape index (κ1) is 96.4. The van der Waals surface area contributed by atoms with E-state index in [2.05, 4.69) is 160 Å². The summed E-state index contributed by atoms with van der Waals surface area (Å²) < 4.78 is 63.0. The van der Waals surface area contributed by atoms with E-state index in [4.69, 9.17) is 46.6 Å². The third-order valence-corrected chi connectivity index (χ3v) is 23.2. The van der Waals surface area contributed by atoms with Crippen LogP contribution in [-0.4, -0.2) is 76.4 Å². The van der Waals surface area contributed by atoms with Gasteiger partial charge in [-0.3, -0.25) is 0 Å². The molecular formula is C108H84N20O8Pt4. The van der Waals surface area contributed by atoms with Gasteiger partial charge in [0.1, 0.15) is 0 Å². The number of furan rings is 4. The van der Waals surface area contributed by atoms with Gasteiger partial charge in [0.2, 0.25) is 23.5 Å². The first-order chi connectivity index (χ1) is 66.3. The summed E-state index contributed by atoms with van der Waals surface area (Å²) in [5, 5.41) is 6.52. The van der Waals surface area contributed by atoms with Crippen molar-refractivity contribution in [2.24, 2.45) is 56.4 Å². The van der Waals surface area contributed by atoms with E-state index in [1.165, 1.54) is 0 Å². The molecule has 0 aliphatic heterocycles. The normalized spacial score (nSPS) is 11.1. The Balaban J connectivity index is 0.000000129. The number of ether oxygens (including phenoxy) is 4. The van der Waals surface area contributed by atoms with E-state index in [0.717, 1.165) is 157 Å². The minimum absolute atomic E-state index is 0. The van der Waals surface area contributed by atoms with Gasteiger partial charge in [0.25, 0.3) is 0 Å². The molecule has 12 aromatic heterocycles. The summed E-state index contributed by atoms with van der Waals surface area (Å²) in [6.07, 6.45) is 21.6. The molecule has 0 N–H and O–H groups in total. The first-order valence-electron chi connectivity index (χ1n) is 43.5. The van der Waals surface area contributed by atoms with Crippen molar-refractivity contribution >= 4 is 157 Å². The van der Waals surface area contributed by atoms with Gasteiger partial charge in [-0.25, -0.2) is 39.9 Å². The van der Waals surface area contributed by atoms with Crippen molar-refractivity contribution in [3.05, 3.63) is 365 Å². The molecule has 140 heavy (non-hydrogen) atoms. The van der Waals surface area contributed by atoms with E-state index >= 15 is 0 Å². The minimum Gasteiger partial charge on any atom is -0.564 e. The van der Waals surface area contributed by atoms with Crippen LogP contribution in [0.5, 0.6) is 46.5 Å². The Kier molecular flexibility index (Phi) is 28.3. The molecule has 0 fully saturated rings. The average molecular weight is 2570 g/mol. The smallest absolute Gasteiger partial charge is 0.564 e. The van der Waals surface area contributed by atoms with Gasteiger partial charge >= 0.3 is 84.3 Å². The van der Waals surface area contributed by atoms with Gasteiger partial charge in [-0.15, -0.1) is 97.1 Å². The second kappa shape index (κ2) is 41.1. The van der Waals surface area contributed by atoms with Crippen molar-refractivity contribution in [1.82, 2.24) is 76.4 Å². The van der Waals surface area contributed by atoms with E-state index < -0.39 is 0 Å². The molecule has 12 heterocycles. The maximum Gasteiger partial charge on any atom is 2.00 e. The fourth-order valence-electron chi connectivity index (χ4n) is 15.9. The Morgan fingerprint density at radius 3 is 0.729 bits per heavy atom. The third-order valence-electron chi connectivity index (χ3n) is 23.2. The number of rotatable bonds is 20. The zero-order valence-electron chi connectivity index (χ0n) is 77.2. The Hall–Kier alpha value is -15.3. The molecule has 0 atom stereocenters. The van der Waals surface area contributed by atoms with E-state index in [-0.39, 0.29) is 84.3 Å². The number of anilines is 12. The van der Waals surface area contributed by atoms with Gasteiger partial charge in [0.15, 0.2) is 23.3 Å². The quantitative estimate of drug-likeness (QED) is 0.0644. The molecule has 0 saturated carbocycles. The molecule has 0 bridgehead atoms. The monoisotopic (exact) mass is 2570 g/mol. The van der Waals surface area contributed by atoms with E-state index in [1.54, 1.807) is 62.5 Å². The van der Waals surface area contributed by atoms with Gasteiger partial charge in [-0.05, 0) is 144 Å². The van der Waals surface area contributed by atoms with Crippen molar-refractivity contribution in [3.8, 4) is 46.5 Å². The third kappa shape index (κ3) is 19.6. The number of imidazole rings is 8. The Morgan fingerprint density at radius 1 is 0.236 bits per heavy atom. The number of aryl methyl sites for hydroxylation is 8. The fourth-order valence-corrected chi connectivity index (χ4v) is 15.9. The van der Waals surface area contributed by atoms with Crippen LogP contribution in [0.15, 0.2) is 311 Å². The predicted molar refractivity (Wildman–Crippen MR) is 523 cm³/mol. The summed E-state index contributed by atoms with van der Waals surface area (Å²) >= 11 is 0. The first-order valence-corrected chi connectivity index (χ1v) is 43.5. The molecule has 24 rings (SSSR count). The topological polar surface area (TPSA) is 245 Å². The number of aromatic nitrogens is 16. The summed E-state index contributed by atoms with van der Waals surface area (Å²) in [5.41, 5.74) is 17.2. The summed E-state index contributed by atoms with van der Waals surface area (Å²) in [6, 6.07) is 99.1. The van der Waals surface area contributed by atoms with Crippen LogP contribution in [-0.2, 0) is 141 Å². The van der Waals surface area contributed by atoms with Crippen LogP contribution in [0.3, 0.4) is 0 Å². The summed E-state index contributed by atoms with van der Waals surface area (Å²) in [4.78, 5) is 44.0.